The third kappa shape index (κ3) is 5.82. The van der Waals surface area contributed by atoms with Crippen molar-refractivity contribution in [3.8, 4) is 0 Å². The van der Waals surface area contributed by atoms with Gasteiger partial charge in [-0.05, 0) is 13.3 Å². The quantitative estimate of drug-likeness (QED) is 0.544. The van der Waals surface area contributed by atoms with Crippen LogP contribution < -0.4 is 0 Å². The van der Waals surface area contributed by atoms with Crippen molar-refractivity contribution in [1.29, 1.82) is 0 Å². The zero-order chi connectivity index (χ0) is 8.69. The SMILES string of the molecule is CCOC(=O)CCC(O)CO. The summed E-state index contributed by atoms with van der Waals surface area (Å²) in [6.45, 7) is 1.77. The van der Waals surface area contributed by atoms with Crippen molar-refractivity contribution in [2.24, 2.45) is 0 Å². The van der Waals surface area contributed by atoms with E-state index in [0.29, 0.717) is 6.61 Å². The third-order valence-corrected chi connectivity index (χ3v) is 1.20. The number of aliphatic hydroxyl groups is 2. The first kappa shape index (κ1) is 10.4. The first-order chi connectivity index (χ1) is 5.20. The number of hydrogen-bond donors (Lipinski definition) is 2. The molecular weight excluding hydrogens is 148 g/mol. The Morgan fingerprint density at radius 2 is 2.27 bits per heavy atom. The highest BCUT2D eigenvalue weighted by Crippen LogP contribution is 1.97. The molecule has 0 rings (SSSR count). The van der Waals surface area contributed by atoms with Crippen LogP contribution in [0.2, 0.25) is 0 Å². The Morgan fingerprint density at radius 1 is 1.64 bits per heavy atom. The van der Waals surface area contributed by atoms with E-state index in [1.807, 2.05) is 0 Å². The smallest absolute Gasteiger partial charge is 0.305 e. The van der Waals surface area contributed by atoms with Gasteiger partial charge < -0.3 is 14.9 Å². The molecule has 0 spiro atoms. The fourth-order valence-electron chi connectivity index (χ4n) is 0.609. The van der Waals surface area contributed by atoms with Crippen LogP contribution in [0, 0.1) is 0 Å². The fraction of sp³-hybridized carbons (Fsp3) is 0.857. The van der Waals surface area contributed by atoms with Crippen LogP contribution in [0.15, 0.2) is 0 Å². The lowest BCUT2D eigenvalue weighted by Crippen LogP contribution is -2.14. The highest BCUT2D eigenvalue weighted by atomic mass is 16.5. The van der Waals surface area contributed by atoms with E-state index in [0.717, 1.165) is 0 Å². The summed E-state index contributed by atoms with van der Waals surface area (Å²) in [5, 5.41) is 17.2. The van der Waals surface area contributed by atoms with Crippen LogP contribution in [-0.2, 0) is 9.53 Å². The maximum absolute atomic E-state index is 10.6. The number of esters is 1. The summed E-state index contributed by atoms with van der Waals surface area (Å²) in [6.07, 6.45) is -0.385. The van der Waals surface area contributed by atoms with E-state index in [4.69, 9.17) is 10.2 Å². The molecule has 0 aromatic carbocycles. The fourth-order valence-corrected chi connectivity index (χ4v) is 0.609. The van der Waals surface area contributed by atoms with E-state index >= 15 is 0 Å². The minimum Gasteiger partial charge on any atom is -0.466 e. The van der Waals surface area contributed by atoms with Gasteiger partial charge in [0.1, 0.15) is 0 Å². The Labute approximate surface area is 65.8 Å². The highest BCUT2D eigenvalue weighted by molar-refractivity contribution is 5.69. The molecule has 0 aliphatic heterocycles. The number of hydrogen-bond acceptors (Lipinski definition) is 4. The maximum Gasteiger partial charge on any atom is 0.305 e. The molecule has 0 aliphatic rings. The molecule has 0 aliphatic carbocycles. The van der Waals surface area contributed by atoms with Gasteiger partial charge in [-0.15, -0.1) is 0 Å². The highest BCUT2D eigenvalue weighted by Gasteiger charge is 2.06. The van der Waals surface area contributed by atoms with E-state index in [1.54, 1.807) is 6.92 Å². The normalized spacial score (nSPS) is 12.6. The standard InChI is InChI=1S/C7H14O4/c1-2-11-7(10)4-3-6(9)5-8/h6,8-9H,2-5H2,1H3. The van der Waals surface area contributed by atoms with Gasteiger partial charge in [0.05, 0.1) is 19.3 Å². The van der Waals surface area contributed by atoms with Gasteiger partial charge in [0.2, 0.25) is 0 Å². The summed E-state index contributed by atoms with van der Waals surface area (Å²) in [4.78, 5) is 10.6. The number of aliphatic hydroxyl groups excluding tert-OH is 2. The number of ether oxygens (including phenoxy) is 1. The van der Waals surface area contributed by atoms with E-state index in [-0.39, 0.29) is 25.4 Å². The molecule has 66 valence electrons. The molecule has 1 unspecified atom stereocenters. The number of carbonyl (C=O) groups is 1. The molecular formula is C7H14O4. The third-order valence-electron chi connectivity index (χ3n) is 1.20. The molecule has 0 aromatic rings. The first-order valence-corrected chi connectivity index (χ1v) is 3.65. The summed E-state index contributed by atoms with van der Waals surface area (Å²) in [5.74, 6) is -0.333. The van der Waals surface area contributed by atoms with Gasteiger partial charge in [0.25, 0.3) is 0 Å². The van der Waals surface area contributed by atoms with Crippen LogP contribution in [0.4, 0.5) is 0 Å². The molecule has 0 bridgehead atoms. The molecule has 0 saturated heterocycles. The van der Waals surface area contributed by atoms with Crippen LogP contribution in [0.3, 0.4) is 0 Å². The van der Waals surface area contributed by atoms with E-state index < -0.39 is 6.10 Å². The van der Waals surface area contributed by atoms with E-state index in [1.165, 1.54) is 0 Å². The Bertz CT molecular complexity index is 113. The predicted molar refractivity (Wildman–Crippen MR) is 39.0 cm³/mol. The van der Waals surface area contributed by atoms with Gasteiger partial charge in [-0.25, -0.2) is 0 Å². The average Bonchev–Trinajstić information content (AvgIpc) is 2.01. The molecule has 1 atom stereocenters. The molecule has 4 nitrogen and oxygen atoms in total. The second kappa shape index (κ2) is 6.12. The summed E-state index contributed by atoms with van der Waals surface area (Å²) < 4.78 is 4.61. The minimum absolute atomic E-state index is 0.162. The predicted octanol–water partition coefficient (Wildman–Crippen LogP) is -0.317. The van der Waals surface area contributed by atoms with Gasteiger partial charge in [0, 0.05) is 6.42 Å². The Kier molecular flexibility index (Phi) is 5.78. The van der Waals surface area contributed by atoms with Gasteiger partial charge in [0.15, 0.2) is 0 Å². The van der Waals surface area contributed by atoms with Crippen LogP contribution in [-0.4, -0.2) is 35.5 Å². The molecule has 0 fully saturated rings. The first-order valence-electron chi connectivity index (χ1n) is 3.65. The van der Waals surface area contributed by atoms with Crippen molar-refractivity contribution in [2.45, 2.75) is 25.9 Å². The molecule has 11 heavy (non-hydrogen) atoms. The zero-order valence-electron chi connectivity index (χ0n) is 6.62. The lowest BCUT2D eigenvalue weighted by Gasteiger charge is -2.05. The Morgan fingerprint density at radius 3 is 2.73 bits per heavy atom. The number of rotatable bonds is 5. The Balaban J connectivity index is 3.30. The summed E-state index contributed by atoms with van der Waals surface area (Å²) >= 11 is 0. The molecule has 4 heteroatoms. The second-order valence-corrected chi connectivity index (χ2v) is 2.18. The van der Waals surface area contributed by atoms with Crippen molar-refractivity contribution >= 4 is 5.97 Å². The van der Waals surface area contributed by atoms with Crippen LogP contribution in [0.5, 0.6) is 0 Å². The van der Waals surface area contributed by atoms with Crippen molar-refractivity contribution in [3.63, 3.8) is 0 Å². The average molecular weight is 162 g/mol. The topological polar surface area (TPSA) is 66.8 Å². The van der Waals surface area contributed by atoms with E-state index in [2.05, 4.69) is 4.74 Å². The largest absolute Gasteiger partial charge is 0.466 e. The van der Waals surface area contributed by atoms with Crippen LogP contribution in [0.25, 0.3) is 0 Å². The maximum atomic E-state index is 10.6. The zero-order valence-corrected chi connectivity index (χ0v) is 6.62. The van der Waals surface area contributed by atoms with Crippen molar-refractivity contribution in [2.75, 3.05) is 13.2 Å². The lowest BCUT2D eigenvalue weighted by atomic mass is 10.2. The van der Waals surface area contributed by atoms with Crippen molar-refractivity contribution < 1.29 is 19.7 Å². The summed E-state index contributed by atoms with van der Waals surface area (Å²) in [5.41, 5.74) is 0. The molecule has 0 amide bonds. The van der Waals surface area contributed by atoms with Crippen molar-refractivity contribution in [3.05, 3.63) is 0 Å². The molecule has 2 N–H and O–H groups in total. The van der Waals surface area contributed by atoms with E-state index in [9.17, 15) is 4.79 Å². The molecule has 0 heterocycles. The molecule has 0 radical (unpaired) electrons. The molecule has 0 saturated carbocycles. The second-order valence-electron chi connectivity index (χ2n) is 2.18. The monoisotopic (exact) mass is 162 g/mol. The van der Waals surface area contributed by atoms with Gasteiger partial charge in [-0.1, -0.05) is 0 Å². The van der Waals surface area contributed by atoms with Gasteiger partial charge in [-0.3, -0.25) is 4.79 Å². The van der Waals surface area contributed by atoms with Gasteiger partial charge >= 0.3 is 5.97 Å². The van der Waals surface area contributed by atoms with Gasteiger partial charge in [-0.2, -0.15) is 0 Å². The van der Waals surface area contributed by atoms with Crippen LogP contribution >= 0.6 is 0 Å². The summed E-state index contributed by atoms with van der Waals surface area (Å²) in [6, 6.07) is 0. The molecule has 0 aromatic heterocycles. The minimum atomic E-state index is -0.806. The summed E-state index contributed by atoms with van der Waals surface area (Å²) in [7, 11) is 0. The lowest BCUT2D eigenvalue weighted by molar-refractivity contribution is -0.143. The number of carbonyl (C=O) groups excluding carboxylic acids is 1. The Hall–Kier alpha value is -0.610. The van der Waals surface area contributed by atoms with Crippen molar-refractivity contribution in [1.82, 2.24) is 0 Å². The van der Waals surface area contributed by atoms with Crippen LogP contribution in [0.1, 0.15) is 19.8 Å².